The van der Waals surface area contributed by atoms with Crippen LogP contribution < -0.4 is 0 Å². The number of para-hydroxylation sites is 2. The van der Waals surface area contributed by atoms with Crippen molar-refractivity contribution in [2.45, 2.75) is 19.4 Å². The number of carbonyl (C=O) groups excluding carboxylic acids is 1. The highest BCUT2D eigenvalue weighted by Crippen LogP contribution is 2.25. The normalized spacial score (nSPS) is 23.5. The van der Waals surface area contributed by atoms with Gasteiger partial charge >= 0.3 is 0 Å². The number of amides is 1. The summed E-state index contributed by atoms with van der Waals surface area (Å²) in [7, 11) is 0. The first-order valence-corrected chi connectivity index (χ1v) is 9.85. The Labute approximate surface area is 159 Å². The molecule has 1 aromatic carbocycles. The van der Waals surface area contributed by atoms with E-state index in [1.165, 1.54) is 12.8 Å². The van der Waals surface area contributed by atoms with Gasteiger partial charge in [0.05, 0.1) is 11.0 Å². The lowest BCUT2D eigenvalue weighted by atomic mass is 9.96. The number of aromatic nitrogens is 2. The Hall–Kier alpha value is -1.96. The fraction of sp³-hybridized carbons (Fsp3) is 0.600. The van der Waals surface area contributed by atoms with Crippen molar-refractivity contribution in [1.29, 1.82) is 0 Å². The number of likely N-dealkylation sites (tertiary alicyclic amines) is 2. The first kappa shape index (κ1) is 18.4. The van der Waals surface area contributed by atoms with Crippen molar-refractivity contribution in [3.05, 3.63) is 30.1 Å². The van der Waals surface area contributed by atoms with Crippen LogP contribution >= 0.6 is 0 Å². The number of benzene rings is 1. The largest absolute Gasteiger partial charge is 0.396 e. The van der Waals surface area contributed by atoms with Gasteiger partial charge in [-0.3, -0.25) is 4.79 Å². The molecule has 7 heteroatoms. The molecular formula is C20H28N4O3. The van der Waals surface area contributed by atoms with Crippen molar-refractivity contribution >= 4 is 16.9 Å². The van der Waals surface area contributed by atoms with Crippen LogP contribution in [0.3, 0.4) is 0 Å². The molecule has 7 nitrogen and oxygen atoms in total. The van der Waals surface area contributed by atoms with E-state index in [4.69, 9.17) is 4.74 Å². The van der Waals surface area contributed by atoms with E-state index >= 15 is 0 Å². The van der Waals surface area contributed by atoms with E-state index in [9.17, 15) is 9.90 Å². The topological polar surface area (TPSA) is 81.7 Å². The maximum atomic E-state index is 12.5. The summed E-state index contributed by atoms with van der Waals surface area (Å²) in [5.41, 5.74) is 1.87. The number of fused-ring (bicyclic) bond motifs is 1. The number of imidazole rings is 1. The number of hydrogen-bond donors (Lipinski definition) is 2. The average Bonchev–Trinajstić information content (AvgIpc) is 3.41. The number of aliphatic hydroxyl groups is 1. The molecule has 4 rings (SSSR count). The van der Waals surface area contributed by atoms with Crippen molar-refractivity contribution in [2.75, 3.05) is 45.9 Å². The molecule has 27 heavy (non-hydrogen) atoms. The summed E-state index contributed by atoms with van der Waals surface area (Å²) in [6, 6.07) is 7.82. The minimum absolute atomic E-state index is 0.00603. The molecule has 1 amide bonds. The number of hydrogen-bond acceptors (Lipinski definition) is 5. The zero-order valence-electron chi connectivity index (χ0n) is 15.6. The molecule has 146 valence electrons. The SMILES string of the molecule is O=C(COCc1nc2ccccc2[nH]1)N1C[C@@H](CO)[C@@H](CN2CCCC2)C1. The fourth-order valence-electron chi connectivity index (χ4n) is 4.25. The van der Waals surface area contributed by atoms with Crippen LogP contribution in [0.2, 0.25) is 0 Å². The number of nitrogens with zero attached hydrogens (tertiary/aromatic N) is 3. The summed E-state index contributed by atoms with van der Waals surface area (Å²) in [5.74, 6) is 1.25. The maximum absolute atomic E-state index is 12.5. The van der Waals surface area contributed by atoms with Gasteiger partial charge in [-0.1, -0.05) is 12.1 Å². The molecule has 2 atom stereocenters. The quantitative estimate of drug-likeness (QED) is 0.764. The van der Waals surface area contributed by atoms with Crippen LogP contribution in [-0.2, 0) is 16.1 Å². The summed E-state index contributed by atoms with van der Waals surface area (Å²) >= 11 is 0. The van der Waals surface area contributed by atoms with E-state index in [0.29, 0.717) is 19.0 Å². The summed E-state index contributed by atoms with van der Waals surface area (Å²) in [6.07, 6.45) is 2.52. The number of nitrogens with one attached hydrogen (secondary N) is 1. The van der Waals surface area contributed by atoms with Crippen LogP contribution in [0, 0.1) is 11.8 Å². The fourth-order valence-corrected chi connectivity index (χ4v) is 4.25. The zero-order chi connectivity index (χ0) is 18.6. The predicted octanol–water partition coefficient (Wildman–Crippen LogP) is 1.24. The van der Waals surface area contributed by atoms with Gasteiger partial charge < -0.3 is 24.6 Å². The van der Waals surface area contributed by atoms with Crippen LogP contribution in [0.5, 0.6) is 0 Å². The van der Waals surface area contributed by atoms with Crippen molar-refractivity contribution in [3.8, 4) is 0 Å². The lowest BCUT2D eigenvalue weighted by molar-refractivity contribution is -0.135. The lowest BCUT2D eigenvalue weighted by Crippen LogP contribution is -2.34. The minimum atomic E-state index is -0.00603. The van der Waals surface area contributed by atoms with Crippen LogP contribution in [0.15, 0.2) is 24.3 Å². The number of carbonyl (C=O) groups is 1. The van der Waals surface area contributed by atoms with Crippen molar-refractivity contribution in [1.82, 2.24) is 19.8 Å². The monoisotopic (exact) mass is 372 g/mol. The number of ether oxygens (including phenoxy) is 1. The molecule has 1 aromatic heterocycles. The van der Waals surface area contributed by atoms with Crippen molar-refractivity contribution < 1.29 is 14.6 Å². The predicted molar refractivity (Wildman–Crippen MR) is 102 cm³/mol. The Morgan fingerprint density at radius 2 is 2.00 bits per heavy atom. The van der Waals surface area contributed by atoms with Crippen molar-refractivity contribution in [2.24, 2.45) is 11.8 Å². The summed E-state index contributed by atoms with van der Waals surface area (Å²) < 4.78 is 5.60. The summed E-state index contributed by atoms with van der Waals surface area (Å²) in [4.78, 5) is 24.5. The van der Waals surface area contributed by atoms with E-state index in [2.05, 4.69) is 14.9 Å². The third-order valence-electron chi connectivity index (χ3n) is 5.76. The summed E-state index contributed by atoms with van der Waals surface area (Å²) in [5, 5.41) is 9.70. The van der Waals surface area contributed by atoms with Gasteiger partial charge in [-0.25, -0.2) is 4.98 Å². The van der Waals surface area contributed by atoms with Gasteiger partial charge in [-0.05, 0) is 44.0 Å². The smallest absolute Gasteiger partial charge is 0.248 e. The highest BCUT2D eigenvalue weighted by Gasteiger charge is 2.36. The van der Waals surface area contributed by atoms with Crippen molar-refractivity contribution in [3.63, 3.8) is 0 Å². The zero-order valence-corrected chi connectivity index (χ0v) is 15.6. The second kappa shape index (κ2) is 8.37. The molecule has 2 aromatic rings. The molecule has 0 unspecified atom stereocenters. The highest BCUT2D eigenvalue weighted by molar-refractivity contribution is 5.78. The highest BCUT2D eigenvalue weighted by atomic mass is 16.5. The first-order chi connectivity index (χ1) is 13.2. The molecule has 2 fully saturated rings. The number of H-pyrrole nitrogens is 1. The van der Waals surface area contributed by atoms with Gasteiger partial charge in [0.1, 0.15) is 19.0 Å². The Bertz CT molecular complexity index is 738. The van der Waals surface area contributed by atoms with Gasteiger partial charge in [-0.2, -0.15) is 0 Å². The van der Waals surface area contributed by atoms with Gasteiger partial charge in [0.2, 0.25) is 5.91 Å². The van der Waals surface area contributed by atoms with Crippen LogP contribution in [-0.4, -0.2) is 76.7 Å². The molecule has 2 aliphatic rings. The van der Waals surface area contributed by atoms with Crippen LogP contribution in [0.1, 0.15) is 18.7 Å². The molecule has 0 bridgehead atoms. The molecule has 2 aliphatic heterocycles. The Morgan fingerprint density at radius 1 is 1.22 bits per heavy atom. The van der Waals surface area contributed by atoms with Gasteiger partial charge in [0.25, 0.3) is 0 Å². The van der Waals surface area contributed by atoms with Gasteiger partial charge in [0, 0.05) is 32.2 Å². The standard InChI is InChI=1S/C20H28N4O3/c25-12-16-11-24(10-15(16)9-23-7-3-4-8-23)20(26)14-27-13-19-21-17-5-1-2-6-18(17)22-19/h1-2,5-6,15-16,25H,3-4,7-14H2,(H,21,22)/t15-,16-/m0/s1. The molecule has 0 spiro atoms. The number of rotatable bonds is 7. The lowest BCUT2D eigenvalue weighted by Gasteiger charge is -2.22. The molecule has 2 N–H and O–H groups in total. The molecule has 0 aliphatic carbocycles. The number of aromatic amines is 1. The molecule has 0 saturated carbocycles. The van der Waals surface area contributed by atoms with E-state index in [-0.39, 0.29) is 31.6 Å². The van der Waals surface area contributed by atoms with E-state index in [0.717, 1.165) is 36.5 Å². The second-order valence-corrected chi connectivity index (χ2v) is 7.70. The molecule has 2 saturated heterocycles. The van der Waals surface area contributed by atoms with Crippen LogP contribution in [0.25, 0.3) is 11.0 Å². The molecular weight excluding hydrogens is 344 g/mol. The van der Waals surface area contributed by atoms with Crippen LogP contribution in [0.4, 0.5) is 0 Å². The molecule has 3 heterocycles. The first-order valence-electron chi connectivity index (χ1n) is 9.85. The Morgan fingerprint density at radius 3 is 2.78 bits per heavy atom. The Balaban J connectivity index is 1.26. The Kier molecular flexibility index (Phi) is 5.71. The average molecular weight is 372 g/mol. The minimum Gasteiger partial charge on any atom is -0.396 e. The third-order valence-corrected chi connectivity index (χ3v) is 5.76. The van der Waals surface area contributed by atoms with E-state index in [1.807, 2.05) is 29.2 Å². The van der Waals surface area contributed by atoms with E-state index < -0.39 is 0 Å². The maximum Gasteiger partial charge on any atom is 0.248 e. The third kappa shape index (κ3) is 4.31. The van der Waals surface area contributed by atoms with E-state index in [1.54, 1.807) is 0 Å². The second-order valence-electron chi connectivity index (χ2n) is 7.70. The summed E-state index contributed by atoms with van der Waals surface area (Å²) in [6.45, 7) is 5.08. The van der Waals surface area contributed by atoms with Gasteiger partial charge in [-0.15, -0.1) is 0 Å². The number of aliphatic hydroxyl groups excluding tert-OH is 1. The molecule has 0 radical (unpaired) electrons. The van der Waals surface area contributed by atoms with Gasteiger partial charge in [0.15, 0.2) is 0 Å².